The van der Waals surface area contributed by atoms with Crippen molar-refractivity contribution in [3.8, 4) is 5.75 Å². The van der Waals surface area contributed by atoms with Crippen molar-refractivity contribution in [2.75, 3.05) is 39.9 Å². The summed E-state index contributed by atoms with van der Waals surface area (Å²) >= 11 is 0. The monoisotopic (exact) mass is 348 g/mol. The Morgan fingerprint density at radius 2 is 2.00 bits per heavy atom. The minimum absolute atomic E-state index is 0.155. The molecule has 1 aliphatic rings. The van der Waals surface area contributed by atoms with Crippen LogP contribution in [0.15, 0.2) is 29.4 Å². The summed E-state index contributed by atoms with van der Waals surface area (Å²) < 4.78 is 11.3. The van der Waals surface area contributed by atoms with Crippen molar-refractivity contribution >= 4 is 18.1 Å². The lowest BCUT2D eigenvalue weighted by Gasteiger charge is -2.36. The maximum absolute atomic E-state index is 12.1. The number of nitrogens with one attached hydrogen (secondary N) is 1. The van der Waals surface area contributed by atoms with E-state index in [9.17, 15) is 9.59 Å². The van der Waals surface area contributed by atoms with Crippen LogP contribution in [-0.2, 0) is 14.3 Å². The highest BCUT2D eigenvalue weighted by Gasteiger charge is 2.28. The number of morpholine rings is 1. The Morgan fingerprint density at radius 3 is 2.68 bits per heavy atom. The van der Waals surface area contributed by atoms with Gasteiger partial charge in [-0.25, -0.2) is 5.43 Å². The van der Waals surface area contributed by atoms with Gasteiger partial charge in [-0.05, 0) is 12.1 Å². The number of hydrogen-bond donors (Lipinski definition) is 1. The number of likely N-dealkylation sites (N-methyl/N-ethyl adjacent to an activating group) is 1. The number of hydrazone groups is 1. The molecule has 0 atom stereocenters. The van der Waals surface area contributed by atoms with Crippen molar-refractivity contribution in [3.05, 3.63) is 29.8 Å². The molecule has 2 rings (SSSR count). The van der Waals surface area contributed by atoms with Crippen LogP contribution in [0.25, 0.3) is 0 Å². The molecule has 0 bridgehead atoms. The van der Waals surface area contributed by atoms with E-state index in [1.54, 1.807) is 32.0 Å². The molecule has 0 aliphatic carbocycles. The van der Waals surface area contributed by atoms with Crippen LogP contribution in [0, 0.1) is 5.92 Å². The lowest BCUT2D eigenvalue weighted by Crippen LogP contribution is -2.55. The fraction of sp³-hybridized carbons (Fsp3) is 0.500. The third kappa shape index (κ3) is 5.95. The summed E-state index contributed by atoms with van der Waals surface area (Å²) in [5.41, 5.74) is 3.17. The third-order valence-corrected chi connectivity index (χ3v) is 4.07. The Morgan fingerprint density at radius 1 is 1.32 bits per heavy atom. The SMILES string of the molecule is CC(C)C(=O)Oc1ccccc1/C=N/NC(=O)C[N+]1(C)CCOCC1. The van der Waals surface area contributed by atoms with Crippen LogP contribution < -0.4 is 10.2 Å². The zero-order chi connectivity index (χ0) is 18.3. The molecule has 1 aromatic rings. The number of hydrogen-bond acceptors (Lipinski definition) is 5. The van der Waals surface area contributed by atoms with Crippen LogP contribution in [0.3, 0.4) is 0 Å². The van der Waals surface area contributed by atoms with Gasteiger partial charge in [-0.15, -0.1) is 0 Å². The fourth-order valence-electron chi connectivity index (χ4n) is 2.40. The van der Waals surface area contributed by atoms with Crippen LogP contribution in [-0.4, -0.2) is 62.5 Å². The second-order valence-electron chi connectivity index (χ2n) is 6.74. The van der Waals surface area contributed by atoms with Gasteiger partial charge in [0, 0.05) is 5.56 Å². The van der Waals surface area contributed by atoms with E-state index in [0.29, 0.717) is 35.6 Å². The number of quaternary nitrogens is 1. The van der Waals surface area contributed by atoms with E-state index in [1.807, 2.05) is 13.1 Å². The second-order valence-corrected chi connectivity index (χ2v) is 6.74. The third-order valence-electron chi connectivity index (χ3n) is 4.07. The molecular formula is C18H26N3O4+. The van der Waals surface area contributed by atoms with Crippen molar-refractivity contribution < 1.29 is 23.5 Å². The zero-order valence-electron chi connectivity index (χ0n) is 15.0. The average Bonchev–Trinajstić information content (AvgIpc) is 2.56. The van der Waals surface area contributed by atoms with Gasteiger partial charge in [-0.3, -0.25) is 9.59 Å². The molecular weight excluding hydrogens is 322 g/mol. The van der Waals surface area contributed by atoms with E-state index in [0.717, 1.165) is 13.1 Å². The molecule has 0 unspecified atom stereocenters. The van der Waals surface area contributed by atoms with Crippen LogP contribution >= 0.6 is 0 Å². The predicted octanol–water partition coefficient (Wildman–Crippen LogP) is 1.17. The Hall–Kier alpha value is -2.25. The number of esters is 1. The molecule has 7 heteroatoms. The Labute approximate surface area is 148 Å². The molecule has 136 valence electrons. The van der Waals surface area contributed by atoms with E-state index in [2.05, 4.69) is 10.5 Å². The molecule has 7 nitrogen and oxygen atoms in total. The van der Waals surface area contributed by atoms with Gasteiger partial charge in [-0.2, -0.15) is 5.10 Å². The minimum Gasteiger partial charge on any atom is -0.426 e. The summed E-state index contributed by atoms with van der Waals surface area (Å²) in [6.45, 7) is 6.85. The van der Waals surface area contributed by atoms with Gasteiger partial charge in [0.2, 0.25) is 0 Å². The summed E-state index contributed by atoms with van der Waals surface area (Å²) in [6.07, 6.45) is 1.49. The van der Waals surface area contributed by atoms with Crippen molar-refractivity contribution in [1.82, 2.24) is 5.43 Å². The highest BCUT2D eigenvalue weighted by Crippen LogP contribution is 2.17. The van der Waals surface area contributed by atoms with Gasteiger partial charge in [0.15, 0.2) is 6.54 Å². The normalized spacial score (nSPS) is 16.8. The predicted molar refractivity (Wildman–Crippen MR) is 94.3 cm³/mol. The number of benzene rings is 1. The average molecular weight is 348 g/mol. The van der Waals surface area contributed by atoms with Gasteiger partial charge in [0.25, 0.3) is 5.91 Å². The van der Waals surface area contributed by atoms with Crippen LogP contribution in [0.2, 0.25) is 0 Å². The number of carbonyl (C=O) groups is 2. The van der Waals surface area contributed by atoms with E-state index in [-0.39, 0.29) is 17.8 Å². The summed E-state index contributed by atoms with van der Waals surface area (Å²) in [6, 6.07) is 7.07. The summed E-state index contributed by atoms with van der Waals surface area (Å²) in [5, 5.41) is 3.99. The maximum atomic E-state index is 12.1. The Balaban J connectivity index is 1.93. The van der Waals surface area contributed by atoms with Crippen LogP contribution in [0.1, 0.15) is 19.4 Å². The van der Waals surface area contributed by atoms with Crippen LogP contribution in [0.5, 0.6) is 5.75 Å². The van der Waals surface area contributed by atoms with Gasteiger partial charge >= 0.3 is 5.97 Å². The van der Waals surface area contributed by atoms with E-state index < -0.39 is 0 Å². The first-order valence-corrected chi connectivity index (χ1v) is 8.43. The molecule has 0 radical (unpaired) electrons. The molecule has 0 aromatic heterocycles. The van der Waals surface area contributed by atoms with E-state index in [4.69, 9.17) is 9.47 Å². The van der Waals surface area contributed by atoms with Crippen LogP contribution in [0.4, 0.5) is 0 Å². The quantitative estimate of drug-likeness (QED) is 0.275. The highest BCUT2D eigenvalue weighted by molar-refractivity contribution is 5.87. The van der Waals surface area contributed by atoms with Crippen molar-refractivity contribution in [2.24, 2.45) is 11.0 Å². The molecule has 1 amide bonds. The number of para-hydroxylation sites is 1. The minimum atomic E-state index is -0.311. The molecule has 1 fully saturated rings. The van der Waals surface area contributed by atoms with Crippen molar-refractivity contribution in [3.63, 3.8) is 0 Å². The van der Waals surface area contributed by atoms with Gasteiger partial charge in [-0.1, -0.05) is 26.0 Å². The zero-order valence-corrected chi connectivity index (χ0v) is 15.0. The lowest BCUT2D eigenvalue weighted by molar-refractivity contribution is -0.909. The fourth-order valence-corrected chi connectivity index (χ4v) is 2.40. The number of carbonyl (C=O) groups excluding carboxylic acids is 2. The molecule has 1 aromatic carbocycles. The van der Waals surface area contributed by atoms with E-state index in [1.165, 1.54) is 6.21 Å². The first-order chi connectivity index (χ1) is 11.9. The smallest absolute Gasteiger partial charge is 0.313 e. The van der Waals surface area contributed by atoms with Crippen molar-refractivity contribution in [2.45, 2.75) is 13.8 Å². The van der Waals surface area contributed by atoms with Gasteiger partial charge < -0.3 is 14.0 Å². The second kappa shape index (κ2) is 8.73. The number of ether oxygens (including phenoxy) is 2. The summed E-state index contributed by atoms with van der Waals surface area (Å²) in [5.74, 6) is -0.263. The molecule has 0 spiro atoms. The van der Waals surface area contributed by atoms with Gasteiger partial charge in [0.1, 0.15) is 18.8 Å². The molecule has 1 N–H and O–H groups in total. The highest BCUT2D eigenvalue weighted by atomic mass is 16.5. The number of amides is 1. The lowest BCUT2D eigenvalue weighted by atomic mass is 10.2. The Bertz CT molecular complexity index is 637. The largest absolute Gasteiger partial charge is 0.426 e. The molecule has 0 saturated carbocycles. The first-order valence-electron chi connectivity index (χ1n) is 8.43. The first kappa shape index (κ1) is 19.1. The summed E-state index contributed by atoms with van der Waals surface area (Å²) in [7, 11) is 2.03. The standard InChI is InChI=1S/C18H25N3O4/c1-14(2)18(23)25-16-7-5-4-6-15(16)12-19-20-17(22)13-21(3)8-10-24-11-9-21/h4-7,12,14H,8-11,13H2,1-3H3/p+1/b19-12+. The Kier molecular flexibility index (Phi) is 6.66. The van der Waals surface area contributed by atoms with Gasteiger partial charge in [0.05, 0.1) is 32.4 Å². The number of nitrogens with zero attached hydrogens (tertiary/aromatic N) is 2. The van der Waals surface area contributed by atoms with Crippen molar-refractivity contribution in [1.29, 1.82) is 0 Å². The number of rotatable bonds is 6. The molecule has 25 heavy (non-hydrogen) atoms. The molecule has 1 heterocycles. The molecule has 1 aliphatic heterocycles. The molecule has 1 saturated heterocycles. The van der Waals surface area contributed by atoms with E-state index >= 15 is 0 Å². The summed E-state index contributed by atoms with van der Waals surface area (Å²) in [4.78, 5) is 23.8. The topological polar surface area (TPSA) is 77.0 Å². The maximum Gasteiger partial charge on any atom is 0.313 e.